The predicted octanol–water partition coefficient (Wildman–Crippen LogP) is 2.99. The molecule has 0 unspecified atom stereocenters. The van der Waals surface area contributed by atoms with Crippen LogP contribution in [0.15, 0.2) is 18.2 Å². The van der Waals surface area contributed by atoms with E-state index >= 15 is 0 Å². The Bertz CT molecular complexity index is 644. The zero-order chi connectivity index (χ0) is 16.3. The van der Waals surface area contributed by atoms with Crippen molar-refractivity contribution in [3.05, 3.63) is 28.2 Å². The Morgan fingerprint density at radius 1 is 1.32 bits per heavy atom. The molecule has 1 aliphatic heterocycles. The van der Waals surface area contributed by atoms with Gasteiger partial charge in [0.05, 0.1) is 11.7 Å². The molecule has 0 aliphatic carbocycles. The number of piperidine rings is 1. The predicted molar refractivity (Wildman–Crippen MR) is 88.8 cm³/mol. The third-order valence-corrected chi connectivity index (χ3v) is 5.93. The molecule has 0 saturated carbocycles. The number of halogens is 2. The molecule has 1 aromatic rings. The molecule has 0 aromatic heterocycles. The van der Waals surface area contributed by atoms with Gasteiger partial charge >= 0.3 is 0 Å². The fraction of sp³-hybridized carbons (Fsp3) is 0.500. The molecule has 1 heterocycles. The van der Waals surface area contributed by atoms with E-state index in [0.717, 1.165) is 0 Å². The summed E-state index contributed by atoms with van der Waals surface area (Å²) in [7, 11) is -3.26. The van der Waals surface area contributed by atoms with E-state index in [2.05, 4.69) is 5.32 Å². The van der Waals surface area contributed by atoms with Crippen molar-refractivity contribution in [2.24, 2.45) is 5.92 Å². The van der Waals surface area contributed by atoms with Crippen LogP contribution in [-0.2, 0) is 14.8 Å². The fourth-order valence-corrected chi connectivity index (χ4v) is 4.17. The summed E-state index contributed by atoms with van der Waals surface area (Å²) in [6, 6.07) is 4.79. The van der Waals surface area contributed by atoms with Crippen molar-refractivity contribution in [2.45, 2.75) is 19.8 Å². The van der Waals surface area contributed by atoms with Gasteiger partial charge in [-0.1, -0.05) is 23.2 Å². The second kappa shape index (κ2) is 7.17. The number of sulfonamides is 1. The van der Waals surface area contributed by atoms with Crippen molar-refractivity contribution in [1.29, 1.82) is 0 Å². The molecule has 122 valence electrons. The number of benzene rings is 1. The maximum Gasteiger partial charge on any atom is 0.228 e. The van der Waals surface area contributed by atoms with Crippen molar-refractivity contribution in [3.63, 3.8) is 0 Å². The summed E-state index contributed by atoms with van der Waals surface area (Å²) >= 11 is 11.8. The fourth-order valence-electron chi connectivity index (χ4n) is 2.46. The molecule has 0 radical (unpaired) electrons. The number of rotatable bonds is 4. The summed E-state index contributed by atoms with van der Waals surface area (Å²) in [6.45, 7) is 2.30. The van der Waals surface area contributed by atoms with Crippen LogP contribution in [0, 0.1) is 5.92 Å². The van der Waals surface area contributed by atoms with Gasteiger partial charge in [0, 0.05) is 28.8 Å². The van der Waals surface area contributed by atoms with E-state index in [-0.39, 0.29) is 24.1 Å². The van der Waals surface area contributed by atoms with Gasteiger partial charge < -0.3 is 5.32 Å². The van der Waals surface area contributed by atoms with Gasteiger partial charge in [-0.15, -0.1) is 0 Å². The molecule has 0 spiro atoms. The molecule has 1 aromatic carbocycles. The molecule has 1 aliphatic rings. The van der Waals surface area contributed by atoms with E-state index < -0.39 is 10.0 Å². The second-order valence-corrected chi connectivity index (χ2v) is 8.38. The molecule has 1 fully saturated rings. The number of carbonyl (C=O) groups is 1. The first kappa shape index (κ1) is 17.5. The van der Waals surface area contributed by atoms with Crippen LogP contribution in [0.2, 0.25) is 10.0 Å². The summed E-state index contributed by atoms with van der Waals surface area (Å²) in [5.41, 5.74) is 0.512. The minimum absolute atomic E-state index is 0.0469. The Morgan fingerprint density at radius 3 is 2.55 bits per heavy atom. The first-order valence-corrected chi connectivity index (χ1v) is 9.43. The highest BCUT2D eigenvalue weighted by Gasteiger charge is 2.31. The molecule has 8 heteroatoms. The van der Waals surface area contributed by atoms with Crippen LogP contribution in [0.3, 0.4) is 0 Å². The van der Waals surface area contributed by atoms with Crippen LogP contribution in [-0.4, -0.2) is 37.5 Å². The normalized spacial score (nSPS) is 19.9. The third-order valence-electron chi connectivity index (χ3n) is 3.64. The number of hydrogen-bond acceptors (Lipinski definition) is 3. The molecule has 22 heavy (non-hydrogen) atoms. The van der Waals surface area contributed by atoms with Crippen molar-refractivity contribution in [1.82, 2.24) is 4.31 Å². The second-order valence-electron chi connectivity index (χ2n) is 5.25. The highest BCUT2D eigenvalue weighted by molar-refractivity contribution is 7.89. The highest BCUT2D eigenvalue weighted by atomic mass is 35.5. The van der Waals surface area contributed by atoms with Crippen molar-refractivity contribution >= 4 is 44.8 Å². The Hall–Kier alpha value is -0.820. The van der Waals surface area contributed by atoms with Gasteiger partial charge in [0.2, 0.25) is 15.9 Å². The molecular weight excluding hydrogens is 347 g/mol. The topological polar surface area (TPSA) is 66.5 Å². The van der Waals surface area contributed by atoms with E-state index in [1.165, 1.54) is 4.31 Å². The molecule has 1 N–H and O–H groups in total. The third kappa shape index (κ3) is 4.35. The maximum atomic E-state index is 12.3. The molecule has 1 saturated heterocycles. The van der Waals surface area contributed by atoms with Crippen LogP contribution in [0.25, 0.3) is 0 Å². The molecule has 1 amide bonds. The lowest BCUT2D eigenvalue weighted by molar-refractivity contribution is -0.120. The van der Waals surface area contributed by atoms with E-state index in [4.69, 9.17) is 23.2 Å². The average molecular weight is 365 g/mol. The standard InChI is InChI=1S/C14H18Cl2N2O3S/c1-2-22(20,21)18-5-3-4-10(9-18)14(19)17-13-7-11(15)6-12(16)8-13/h6-8,10H,2-5,9H2,1H3,(H,17,19)/t10-/m1/s1. The van der Waals surface area contributed by atoms with Gasteiger partial charge in [-0.3, -0.25) is 4.79 Å². The van der Waals surface area contributed by atoms with Crippen molar-refractivity contribution in [3.8, 4) is 0 Å². The first-order chi connectivity index (χ1) is 10.3. The quantitative estimate of drug-likeness (QED) is 0.892. The lowest BCUT2D eigenvalue weighted by Gasteiger charge is -2.30. The summed E-state index contributed by atoms with van der Waals surface area (Å²) in [4.78, 5) is 12.3. The number of carbonyl (C=O) groups excluding carboxylic acids is 1. The van der Waals surface area contributed by atoms with Gasteiger partial charge in [0.1, 0.15) is 0 Å². The molecule has 5 nitrogen and oxygen atoms in total. The lowest BCUT2D eigenvalue weighted by Crippen LogP contribution is -2.44. The SMILES string of the molecule is CCS(=O)(=O)N1CCC[C@@H](C(=O)Nc2cc(Cl)cc(Cl)c2)C1. The Balaban J connectivity index is 2.06. The zero-order valence-corrected chi connectivity index (χ0v) is 14.5. The smallest absolute Gasteiger partial charge is 0.228 e. The molecular formula is C14H18Cl2N2O3S. The summed E-state index contributed by atoms with van der Waals surface area (Å²) in [5, 5.41) is 3.62. The van der Waals surface area contributed by atoms with Gasteiger partial charge in [-0.2, -0.15) is 0 Å². The average Bonchev–Trinajstić information content (AvgIpc) is 2.46. The molecule has 1 atom stereocenters. The number of nitrogens with one attached hydrogen (secondary N) is 1. The molecule has 0 bridgehead atoms. The Labute approximate surface area is 140 Å². The summed E-state index contributed by atoms with van der Waals surface area (Å²) < 4.78 is 25.3. The van der Waals surface area contributed by atoms with E-state index in [9.17, 15) is 13.2 Å². The van der Waals surface area contributed by atoms with Crippen molar-refractivity contribution < 1.29 is 13.2 Å². The van der Waals surface area contributed by atoms with Gasteiger partial charge in [0.15, 0.2) is 0 Å². The Morgan fingerprint density at radius 2 is 1.95 bits per heavy atom. The van der Waals surface area contributed by atoms with Crippen LogP contribution in [0.5, 0.6) is 0 Å². The van der Waals surface area contributed by atoms with Crippen LogP contribution < -0.4 is 5.32 Å². The number of anilines is 1. The summed E-state index contributed by atoms with van der Waals surface area (Å²) in [5.74, 6) is -0.534. The van der Waals surface area contributed by atoms with Gasteiger partial charge in [0.25, 0.3) is 0 Å². The minimum Gasteiger partial charge on any atom is -0.326 e. The lowest BCUT2D eigenvalue weighted by atomic mass is 9.99. The van der Waals surface area contributed by atoms with Gasteiger partial charge in [-0.25, -0.2) is 12.7 Å². The first-order valence-electron chi connectivity index (χ1n) is 7.06. The van der Waals surface area contributed by atoms with E-state index in [0.29, 0.717) is 35.1 Å². The van der Waals surface area contributed by atoms with E-state index in [1.54, 1.807) is 25.1 Å². The number of amides is 1. The monoisotopic (exact) mass is 364 g/mol. The molecule has 2 rings (SSSR count). The highest BCUT2D eigenvalue weighted by Crippen LogP contribution is 2.25. The number of nitrogens with zero attached hydrogens (tertiary/aromatic N) is 1. The van der Waals surface area contributed by atoms with Crippen LogP contribution in [0.4, 0.5) is 5.69 Å². The van der Waals surface area contributed by atoms with Crippen LogP contribution >= 0.6 is 23.2 Å². The minimum atomic E-state index is -3.26. The largest absolute Gasteiger partial charge is 0.326 e. The number of hydrogen-bond donors (Lipinski definition) is 1. The maximum absolute atomic E-state index is 12.3. The van der Waals surface area contributed by atoms with Gasteiger partial charge in [-0.05, 0) is 38.0 Å². The van der Waals surface area contributed by atoms with Crippen molar-refractivity contribution in [2.75, 3.05) is 24.2 Å². The zero-order valence-electron chi connectivity index (χ0n) is 12.2. The van der Waals surface area contributed by atoms with E-state index in [1.807, 2.05) is 0 Å². The summed E-state index contributed by atoms with van der Waals surface area (Å²) in [6.07, 6.45) is 1.34. The Kier molecular flexibility index (Phi) is 5.71. The van der Waals surface area contributed by atoms with Crippen LogP contribution in [0.1, 0.15) is 19.8 Å².